The Hall–Kier alpha value is -0.290. The molecule has 0 amide bonds. The summed E-state index contributed by atoms with van der Waals surface area (Å²) in [7, 11) is 3.75. The average Bonchev–Trinajstić information content (AvgIpc) is 2.27. The van der Waals surface area contributed by atoms with Gasteiger partial charge in [0.05, 0.1) is 3.57 Å². The quantitative estimate of drug-likeness (QED) is 0.703. The molecule has 1 aromatic carbocycles. The standard InChI is InChI=1S/C12H15IO.C2H7N/c1-7-4-3-5-9-6-8(2)12(14)11(13)10(7)9;1-3-2/h6-7,14H,3-5H2,1-2H3;3H,1-2H3. The van der Waals surface area contributed by atoms with Crippen molar-refractivity contribution >= 4 is 22.6 Å². The van der Waals surface area contributed by atoms with Gasteiger partial charge in [0.25, 0.3) is 0 Å². The molecule has 1 aliphatic carbocycles. The van der Waals surface area contributed by atoms with E-state index in [1.54, 1.807) is 0 Å². The molecular weight excluding hydrogens is 325 g/mol. The molecule has 0 bridgehead atoms. The molecular formula is C14H22INO. The van der Waals surface area contributed by atoms with Crippen LogP contribution in [0, 0.1) is 10.5 Å². The summed E-state index contributed by atoms with van der Waals surface area (Å²) in [4.78, 5) is 0. The maximum absolute atomic E-state index is 9.87. The predicted molar refractivity (Wildman–Crippen MR) is 81.9 cm³/mol. The van der Waals surface area contributed by atoms with Gasteiger partial charge >= 0.3 is 0 Å². The van der Waals surface area contributed by atoms with Crippen molar-refractivity contribution in [1.82, 2.24) is 5.32 Å². The van der Waals surface area contributed by atoms with E-state index in [1.807, 2.05) is 21.0 Å². The Balaban J connectivity index is 0.000000437. The second kappa shape index (κ2) is 6.59. The van der Waals surface area contributed by atoms with Gasteiger partial charge in [-0.2, -0.15) is 0 Å². The Labute approximate surface area is 118 Å². The summed E-state index contributed by atoms with van der Waals surface area (Å²) >= 11 is 2.28. The fourth-order valence-corrected chi connectivity index (χ4v) is 3.64. The molecule has 0 fully saturated rings. The smallest absolute Gasteiger partial charge is 0.132 e. The zero-order chi connectivity index (χ0) is 13.0. The van der Waals surface area contributed by atoms with Crippen molar-refractivity contribution < 1.29 is 5.11 Å². The lowest BCUT2D eigenvalue weighted by Gasteiger charge is -2.25. The van der Waals surface area contributed by atoms with Gasteiger partial charge in [-0.15, -0.1) is 0 Å². The highest BCUT2D eigenvalue weighted by atomic mass is 127. The van der Waals surface area contributed by atoms with E-state index in [-0.39, 0.29) is 0 Å². The van der Waals surface area contributed by atoms with E-state index in [2.05, 4.69) is 40.9 Å². The van der Waals surface area contributed by atoms with Crippen LogP contribution < -0.4 is 5.32 Å². The van der Waals surface area contributed by atoms with Gasteiger partial charge in [0.15, 0.2) is 0 Å². The Morgan fingerprint density at radius 3 is 2.59 bits per heavy atom. The number of aromatic hydroxyl groups is 1. The zero-order valence-electron chi connectivity index (χ0n) is 11.1. The first-order valence-electron chi connectivity index (χ1n) is 6.12. The number of phenols is 1. The van der Waals surface area contributed by atoms with Crippen LogP contribution in [0.4, 0.5) is 0 Å². The van der Waals surface area contributed by atoms with Crippen molar-refractivity contribution in [3.63, 3.8) is 0 Å². The molecule has 1 aromatic rings. The van der Waals surface area contributed by atoms with Crippen LogP contribution in [-0.2, 0) is 6.42 Å². The Bertz CT molecular complexity index is 390. The van der Waals surface area contributed by atoms with E-state index < -0.39 is 0 Å². The van der Waals surface area contributed by atoms with Crippen molar-refractivity contribution in [3.05, 3.63) is 26.3 Å². The molecule has 0 spiro atoms. The van der Waals surface area contributed by atoms with Gasteiger partial charge in [-0.25, -0.2) is 0 Å². The second-order valence-corrected chi connectivity index (χ2v) is 5.80. The number of halogens is 1. The molecule has 2 N–H and O–H groups in total. The fraction of sp³-hybridized carbons (Fsp3) is 0.571. The highest BCUT2D eigenvalue weighted by Gasteiger charge is 2.21. The van der Waals surface area contributed by atoms with Crippen molar-refractivity contribution in [1.29, 1.82) is 0 Å². The number of phenolic OH excluding ortho intramolecular Hbond substituents is 1. The van der Waals surface area contributed by atoms with Crippen LogP contribution >= 0.6 is 22.6 Å². The van der Waals surface area contributed by atoms with Crippen LogP contribution in [0.3, 0.4) is 0 Å². The van der Waals surface area contributed by atoms with Crippen LogP contribution in [0.25, 0.3) is 0 Å². The van der Waals surface area contributed by atoms with Crippen LogP contribution in [0.2, 0.25) is 0 Å². The second-order valence-electron chi connectivity index (χ2n) is 4.72. The van der Waals surface area contributed by atoms with Gasteiger partial charge in [-0.1, -0.05) is 13.0 Å². The lowest BCUT2D eigenvalue weighted by Crippen LogP contribution is -2.09. The van der Waals surface area contributed by atoms with Crippen LogP contribution in [-0.4, -0.2) is 19.2 Å². The summed E-state index contributed by atoms with van der Waals surface area (Å²) in [6.45, 7) is 4.24. The summed E-state index contributed by atoms with van der Waals surface area (Å²) in [6, 6.07) is 2.16. The molecule has 2 rings (SSSR count). The molecule has 0 heterocycles. The number of hydrogen-bond acceptors (Lipinski definition) is 2. The largest absolute Gasteiger partial charge is 0.507 e. The first-order valence-corrected chi connectivity index (χ1v) is 7.20. The lowest BCUT2D eigenvalue weighted by molar-refractivity contribution is 0.462. The molecule has 96 valence electrons. The van der Waals surface area contributed by atoms with E-state index in [0.717, 1.165) is 9.13 Å². The first kappa shape index (κ1) is 14.8. The Kier molecular flexibility index (Phi) is 5.73. The van der Waals surface area contributed by atoms with Crippen LogP contribution in [0.15, 0.2) is 6.07 Å². The summed E-state index contributed by atoms with van der Waals surface area (Å²) in [5.41, 5.74) is 3.85. The molecule has 0 aromatic heterocycles. The molecule has 1 aliphatic rings. The molecule has 1 unspecified atom stereocenters. The fourth-order valence-electron chi connectivity index (χ4n) is 2.33. The molecule has 0 aliphatic heterocycles. The van der Waals surface area contributed by atoms with Crippen LogP contribution in [0.5, 0.6) is 5.75 Å². The summed E-state index contributed by atoms with van der Waals surface area (Å²) < 4.78 is 1.07. The van der Waals surface area contributed by atoms with E-state index >= 15 is 0 Å². The van der Waals surface area contributed by atoms with E-state index in [0.29, 0.717) is 11.7 Å². The zero-order valence-corrected chi connectivity index (χ0v) is 13.3. The maximum atomic E-state index is 9.87. The van der Waals surface area contributed by atoms with Gasteiger partial charge < -0.3 is 10.4 Å². The highest BCUT2D eigenvalue weighted by molar-refractivity contribution is 14.1. The minimum Gasteiger partial charge on any atom is -0.507 e. The average molecular weight is 347 g/mol. The summed E-state index contributed by atoms with van der Waals surface area (Å²) in [5.74, 6) is 1.09. The predicted octanol–water partition coefficient (Wildman–Crippen LogP) is 3.58. The van der Waals surface area contributed by atoms with Gasteiger partial charge in [0.1, 0.15) is 5.75 Å². The normalized spacial score (nSPS) is 18.1. The number of aryl methyl sites for hydroxylation is 2. The highest BCUT2D eigenvalue weighted by Crippen LogP contribution is 2.39. The summed E-state index contributed by atoms with van der Waals surface area (Å²) in [6.07, 6.45) is 3.72. The molecule has 0 radical (unpaired) electrons. The molecule has 2 nitrogen and oxygen atoms in total. The van der Waals surface area contributed by atoms with Gasteiger partial charge in [0, 0.05) is 0 Å². The number of nitrogens with one attached hydrogen (secondary N) is 1. The van der Waals surface area contributed by atoms with E-state index in [4.69, 9.17) is 0 Å². The van der Waals surface area contributed by atoms with Crippen LogP contribution in [0.1, 0.15) is 42.4 Å². The third kappa shape index (κ3) is 3.35. The van der Waals surface area contributed by atoms with Gasteiger partial charge in [0.2, 0.25) is 0 Å². The number of rotatable bonds is 0. The molecule has 0 saturated carbocycles. The topological polar surface area (TPSA) is 32.3 Å². The van der Waals surface area contributed by atoms with Crippen molar-refractivity contribution in [2.75, 3.05) is 14.1 Å². The molecule has 1 atom stereocenters. The van der Waals surface area contributed by atoms with Crippen molar-refractivity contribution in [3.8, 4) is 5.75 Å². The van der Waals surface area contributed by atoms with Gasteiger partial charge in [-0.05, 0) is 85.5 Å². The maximum Gasteiger partial charge on any atom is 0.132 e. The number of fused-ring (bicyclic) bond motifs is 1. The van der Waals surface area contributed by atoms with Crippen molar-refractivity contribution in [2.24, 2.45) is 0 Å². The molecule has 17 heavy (non-hydrogen) atoms. The Morgan fingerprint density at radius 1 is 1.41 bits per heavy atom. The number of hydrogen-bond donors (Lipinski definition) is 2. The first-order chi connectivity index (χ1) is 8.02. The third-order valence-electron chi connectivity index (χ3n) is 3.13. The molecule has 0 saturated heterocycles. The SMILES string of the molecule is CNC.Cc1cc2c(c(I)c1O)C(C)CCC2. The van der Waals surface area contributed by atoms with E-state index in [1.165, 1.54) is 30.4 Å². The van der Waals surface area contributed by atoms with Gasteiger partial charge in [-0.3, -0.25) is 0 Å². The minimum absolute atomic E-state index is 0.484. The Morgan fingerprint density at radius 2 is 2.00 bits per heavy atom. The summed E-state index contributed by atoms with van der Waals surface area (Å²) in [5, 5.41) is 12.6. The van der Waals surface area contributed by atoms with E-state index in [9.17, 15) is 5.11 Å². The molecule has 3 heteroatoms. The third-order valence-corrected chi connectivity index (χ3v) is 4.22. The number of benzene rings is 1. The monoisotopic (exact) mass is 347 g/mol. The van der Waals surface area contributed by atoms with Crippen molar-refractivity contribution in [2.45, 2.75) is 39.0 Å². The lowest BCUT2D eigenvalue weighted by atomic mass is 9.83. The minimum atomic E-state index is 0.484.